The molecule has 19 heavy (non-hydrogen) atoms. The van der Waals surface area contributed by atoms with Crippen LogP contribution in [0.2, 0.25) is 0 Å². The third-order valence-electron chi connectivity index (χ3n) is 4.53. The lowest BCUT2D eigenvalue weighted by atomic mass is 9.98. The molecule has 2 atom stereocenters. The first-order valence-corrected chi connectivity index (χ1v) is 7.05. The summed E-state index contributed by atoms with van der Waals surface area (Å²) in [6.07, 6.45) is 4.87. The van der Waals surface area contributed by atoms with Crippen LogP contribution in [0.4, 0.5) is 4.39 Å². The summed E-state index contributed by atoms with van der Waals surface area (Å²) in [4.78, 5) is 2.25. The molecule has 3 nitrogen and oxygen atoms in total. The zero-order valence-electron chi connectivity index (χ0n) is 11.3. The average Bonchev–Trinajstić information content (AvgIpc) is 2.72. The van der Waals surface area contributed by atoms with Crippen molar-refractivity contribution in [2.45, 2.75) is 50.4 Å². The molecule has 2 saturated heterocycles. The summed E-state index contributed by atoms with van der Waals surface area (Å²) < 4.78 is 13.2. The maximum Gasteiger partial charge on any atom is 0.123 e. The second-order valence-corrected chi connectivity index (χ2v) is 5.95. The normalized spacial score (nSPS) is 29.9. The molecule has 0 amide bonds. The van der Waals surface area contributed by atoms with Crippen LogP contribution in [-0.2, 0) is 6.54 Å². The van der Waals surface area contributed by atoms with Crippen molar-refractivity contribution in [2.24, 2.45) is 0 Å². The lowest BCUT2D eigenvalue weighted by Crippen LogP contribution is -2.46. The van der Waals surface area contributed by atoms with E-state index in [2.05, 4.69) is 17.3 Å². The Bertz CT molecular complexity index is 453. The third kappa shape index (κ3) is 2.74. The first kappa shape index (κ1) is 12.9. The summed E-state index contributed by atoms with van der Waals surface area (Å²) in [7, 11) is 2.07. The van der Waals surface area contributed by atoms with E-state index in [-0.39, 0.29) is 11.6 Å². The molecule has 1 aromatic rings. The van der Waals surface area contributed by atoms with Crippen LogP contribution in [0, 0.1) is 5.82 Å². The number of nitrogens with one attached hydrogen (secondary N) is 1. The number of hydrogen-bond donors (Lipinski definition) is 2. The summed E-state index contributed by atoms with van der Waals surface area (Å²) in [6, 6.07) is 5.98. The van der Waals surface area contributed by atoms with Crippen LogP contribution in [0.3, 0.4) is 0 Å². The molecule has 104 valence electrons. The zero-order valence-corrected chi connectivity index (χ0v) is 11.3. The van der Waals surface area contributed by atoms with Gasteiger partial charge < -0.3 is 10.4 Å². The van der Waals surface area contributed by atoms with E-state index in [0.717, 1.165) is 12.8 Å². The van der Waals surface area contributed by atoms with Gasteiger partial charge in [0.1, 0.15) is 11.6 Å². The van der Waals surface area contributed by atoms with E-state index >= 15 is 0 Å². The number of hydrogen-bond acceptors (Lipinski definition) is 3. The van der Waals surface area contributed by atoms with Gasteiger partial charge in [-0.15, -0.1) is 0 Å². The highest BCUT2D eigenvalue weighted by Gasteiger charge is 2.35. The summed E-state index contributed by atoms with van der Waals surface area (Å²) in [6.45, 7) is 0.605. The van der Waals surface area contributed by atoms with Crippen molar-refractivity contribution in [3.05, 3.63) is 29.6 Å². The fraction of sp³-hybridized carbons (Fsp3) is 0.600. The summed E-state index contributed by atoms with van der Waals surface area (Å²) in [5.74, 6) is -0.100. The Morgan fingerprint density at radius 2 is 2.00 bits per heavy atom. The minimum atomic E-state index is -0.286. The van der Waals surface area contributed by atoms with E-state index in [1.807, 2.05) is 0 Å². The molecule has 1 aromatic carbocycles. The van der Waals surface area contributed by atoms with Gasteiger partial charge in [-0.25, -0.2) is 4.39 Å². The molecule has 2 aliphatic heterocycles. The number of phenols is 1. The Morgan fingerprint density at radius 1 is 1.32 bits per heavy atom. The minimum Gasteiger partial charge on any atom is -0.508 e. The highest BCUT2D eigenvalue weighted by Crippen LogP contribution is 2.30. The monoisotopic (exact) mass is 264 g/mol. The Labute approximate surface area is 113 Å². The Balaban J connectivity index is 1.67. The van der Waals surface area contributed by atoms with Gasteiger partial charge in [-0.3, -0.25) is 4.90 Å². The largest absolute Gasteiger partial charge is 0.508 e. The molecule has 0 aliphatic carbocycles. The number of halogens is 1. The van der Waals surface area contributed by atoms with Gasteiger partial charge in [-0.2, -0.15) is 0 Å². The number of piperidine rings is 1. The Hall–Kier alpha value is -1.13. The van der Waals surface area contributed by atoms with Gasteiger partial charge in [-0.05, 0) is 50.9 Å². The van der Waals surface area contributed by atoms with E-state index in [1.54, 1.807) is 0 Å². The molecule has 0 saturated carbocycles. The van der Waals surface area contributed by atoms with Gasteiger partial charge in [0, 0.05) is 30.2 Å². The van der Waals surface area contributed by atoms with E-state index in [9.17, 15) is 9.50 Å². The van der Waals surface area contributed by atoms with Gasteiger partial charge in [0.15, 0.2) is 0 Å². The first-order valence-electron chi connectivity index (χ1n) is 7.05. The van der Waals surface area contributed by atoms with Crippen LogP contribution in [0.25, 0.3) is 0 Å². The molecule has 0 spiro atoms. The molecule has 4 heteroatoms. The predicted molar refractivity (Wildman–Crippen MR) is 72.5 cm³/mol. The lowest BCUT2D eigenvalue weighted by molar-refractivity contribution is 0.164. The third-order valence-corrected chi connectivity index (χ3v) is 4.53. The molecule has 2 unspecified atom stereocenters. The van der Waals surface area contributed by atoms with Gasteiger partial charge in [-0.1, -0.05) is 0 Å². The number of rotatable bonds is 3. The SMILES string of the molecule is CN(Cc1cc(F)ccc1O)C1CC2CCC(C1)N2. The van der Waals surface area contributed by atoms with Crippen molar-refractivity contribution in [1.29, 1.82) is 0 Å². The van der Waals surface area contributed by atoms with Crippen LogP contribution in [-0.4, -0.2) is 35.2 Å². The highest BCUT2D eigenvalue weighted by atomic mass is 19.1. The van der Waals surface area contributed by atoms with E-state index in [1.165, 1.54) is 31.0 Å². The quantitative estimate of drug-likeness (QED) is 0.879. The number of benzene rings is 1. The topological polar surface area (TPSA) is 35.5 Å². The maximum absolute atomic E-state index is 13.2. The molecule has 3 rings (SSSR count). The zero-order chi connectivity index (χ0) is 13.4. The Morgan fingerprint density at radius 3 is 2.68 bits per heavy atom. The fourth-order valence-electron chi connectivity index (χ4n) is 3.47. The molecular weight excluding hydrogens is 243 g/mol. The van der Waals surface area contributed by atoms with Gasteiger partial charge in [0.05, 0.1) is 0 Å². The van der Waals surface area contributed by atoms with Crippen LogP contribution < -0.4 is 5.32 Å². The first-order chi connectivity index (χ1) is 9.11. The standard InChI is InChI=1S/C15H21FN2O/c1-18(9-10-6-11(16)2-5-15(10)19)14-7-12-3-4-13(8-14)17-12/h2,5-6,12-14,17,19H,3-4,7-9H2,1H3. The van der Waals surface area contributed by atoms with E-state index in [0.29, 0.717) is 30.2 Å². The summed E-state index contributed by atoms with van der Waals surface area (Å²) >= 11 is 0. The van der Waals surface area contributed by atoms with Crippen LogP contribution >= 0.6 is 0 Å². The molecule has 0 radical (unpaired) electrons. The second-order valence-electron chi connectivity index (χ2n) is 5.95. The molecule has 2 heterocycles. The fourth-order valence-corrected chi connectivity index (χ4v) is 3.47. The van der Waals surface area contributed by atoms with Crippen molar-refractivity contribution in [3.63, 3.8) is 0 Å². The molecule has 2 N–H and O–H groups in total. The molecule has 2 fully saturated rings. The molecule has 2 aliphatic rings. The molecular formula is C15H21FN2O. The average molecular weight is 264 g/mol. The van der Waals surface area contributed by atoms with E-state index in [4.69, 9.17) is 0 Å². The highest BCUT2D eigenvalue weighted by molar-refractivity contribution is 5.32. The smallest absolute Gasteiger partial charge is 0.123 e. The van der Waals surface area contributed by atoms with Crippen molar-refractivity contribution in [1.82, 2.24) is 10.2 Å². The summed E-state index contributed by atoms with van der Waals surface area (Å²) in [5, 5.41) is 13.4. The summed E-state index contributed by atoms with van der Waals surface area (Å²) in [5.41, 5.74) is 0.674. The maximum atomic E-state index is 13.2. The minimum absolute atomic E-state index is 0.185. The van der Waals surface area contributed by atoms with Crippen molar-refractivity contribution < 1.29 is 9.50 Å². The lowest BCUT2D eigenvalue weighted by Gasteiger charge is -2.35. The number of phenolic OH excluding ortho intramolecular Hbond substituents is 1. The van der Waals surface area contributed by atoms with Crippen molar-refractivity contribution in [3.8, 4) is 5.75 Å². The van der Waals surface area contributed by atoms with Crippen molar-refractivity contribution >= 4 is 0 Å². The number of fused-ring (bicyclic) bond motifs is 2. The molecule has 0 aromatic heterocycles. The van der Waals surface area contributed by atoms with E-state index < -0.39 is 0 Å². The van der Waals surface area contributed by atoms with Gasteiger partial charge >= 0.3 is 0 Å². The number of aromatic hydroxyl groups is 1. The van der Waals surface area contributed by atoms with Crippen LogP contribution in [0.5, 0.6) is 5.75 Å². The Kier molecular flexibility index (Phi) is 3.46. The second kappa shape index (κ2) is 5.10. The predicted octanol–water partition coefficient (Wildman–Crippen LogP) is 2.25. The number of nitrogens with zero attached hydrogens (tertiary/aromatic N) is 1. The molecule has 2 bridgehead atoms. The van der Waals surface area contributed by atoms with Crippen LogP contribution in [0.15, 0.2) is 18.2 Å². The van der Waals surface area contributed by atoms with Crippen LogP contribution in [0.1, 0.15) is 31.2 Å². The van der Waals surface area contributed by atoms with Crippen molar-refractivity contribution in [2.75, 3.05) is 7.05 Å². The van der Waals surface area contributed by atoms with Gasteiger partial charge in [0.25, 0.3) is 0 Å². The van der Waals surface area contributed by atoms with Gasteiger partial charge in [0.2, 0.25) is 0 Å².